The third-order valence-electron chi connectivity index (χ3n) is 5.25. The van der Waals surface area contributed by atoms with Crippen LogP contribution in [0.3, 0.4) is 0 Å². The third kappa shape index (κ3) is 7.47. The van der Waals surface area contributed by atoms with Crippen LogP contribution in [0.2, 0.25) is 5.02 Å². The Morgan fingerprint density at radius 3 is 2.33 bits per heavy atom. The van der Waals surface area contributed by atoms with Crippen LogP contribution in [0, 0.1) is 6.92 Å². The zero-order valence-corrected chi connectivity index (χ0v) is 21.1. The highest BCUT2D eigenvalue weighted by atomic mass is 35.5. The van der Waals surface area contributed by atoms with Crippen molar-refractivity contribution in [2.24, 2.45) is 0 Å². The molecule has 0 heterocycles. The van der Waals surface area contributed by atoms with Crippen LogP contribution in [0.15, 0.2) is 48.5 Å². The van der Waals surface area contributed by atoms with Gasteiger partial charge in [0.25, 0.3) is 0 Å². The van der Waals surface area contributed by atoms with E-state index in [9.17, 15) is 18.0 Å². The lowest BCUT2D eigenvalue weighted by Gasteiger charge is -2.33. The first kappa shape index (κ1) is 26.7. The Morgan fingerprint density at radius 2 is 1.76 bits per heavy atom. The number of halogens is 1. The molecule has 9 heteroatoms. The van der Waals surface area contributed by atoms with E-state index in [4.69, 9.17) is 11.6 Å². The maximum absolute atomic E-state index is 13.6. The van der Waals surface area contributed by atoms with Gasteiger partial charge in [0.2, 0.25) is 21.8 Å². The Kier molecular flexibility index (Phi) is 9.73. The highest BCUT2D eigenvalue weighted by Gasteiger charge is 2.32. The minimum atomic E-state index is -3.80. The molecule has 0 saturated carbocycles. The second-order valence-electron chi connectivity index (χ2n) is 7.92. The number of aryl methyl sites for hydroxylation is 1. The fourth-order valence-electron chi connectivity index (χ4n) is 3.51. The molecule has 0 aromatic heterocycles. The van der Waals surface area contributed by atoms with E-state index >= 15 is 0 Å². The SMILES string of the molecule is CCCNC(=O)[C@H](CC)N(Cc1ccccc1)C(=O)CN(c1cc(Cl)ccc1C)S(C)(=O)=O. The molecule has 7 nitrogen and oxygen atoms in total. The van der Waals surface area contributed by atoms with E-state index in [1.165, 1.54) is 11.0 Å². The number of amides is 2. The molecule has 0 bridgehead atoms. The summed E-state index contributed by atoms with van der Waals surface area (Å²) in [6, 6.07) is 13.5. The molecule has 0 aliphatic carbocycles. The molecule has 2 rings (SSSR count). The molecule has 0 fully saturated rings. The van der Waals surface area contributed by atoms with Gasteiger partial charge in [-0.1, -0.05) is 61.8 Å². The Morgan fingerprint density at radius 1 is 1.09 bits per heavy atom. The van der Waals surface area contributed by atoms with Crippen LogP contribution < -0.4 is 9.62 Å². The second-order valence-corrected chi connectivity index (χ2v) is 10.3. The topological polar surface area (TPSA) is 86.8 Å². The van der Waals surface area contributed by atoms with Crippen molar-refractivity contribution in [1.29, 1.82) is 0 Å². The van der Waals surface area contributed by atoms with Gasteiger partial charge in [-0.3, -0.25) is 13.9 Å². The number of carbonyl (C=O) groups is 2. The monoisotopic (exact) mass is 493 g/mol. The van der Waals surface area contributed by atoms with Crippen LogP contribution in [-0.2, 0) is 26.2 Å². The summed E-state index contributed by atoms with van der Waals surface area (Å²) in [7, 11) is -3.80. The summed E-state index contributed by atoms with van der Waals surface area (Å²) in [6.07, 6.45) is 2.21. The number of hydrogen-bond donors (Lipinski definition) is 1. The van der Waals surface area contributed by atoms with E-state index in [1.54, 1.807) is 19.1 Å². The van der Waals surface area contributed by atoms with E-state index < -0.39 is 28.5 Å². The van der Waals surface area contributed by atoms with Gasteiger partial charge in [0, 0.05) is 18.1 Å². The summed E-state index contributed by atoms with van der Waals surface area (Å²) in [5, 5.41) is 3.22. The lowest BCUT2D eigenvalue weighted by atomic mass is 10.1. The highest BCUT2D eigenvalue weighted by molar-refractivity contribution is 7.92. The zero-order chi connectivity index (χ0) is 24.6. The molecular weight excluding hydrogens is 462 g/mol. The minimum Gasteiger partial charge on any atom is -0.354 e. The third-order valence-corrected chi connectivity index (χ3v) is 6.61. The van der Waals surface area contributed by atoms with Crippen molar-refractivity contribution in [3.63, 3.8) is 0 Å². The van der Waals surface area contributed by atoms with Crippen LogP contribution in [0.1, 0.15) is 37.8 Å². The first-order chi connectivity index (χ1) is 15.6. The van der Waals surface area contributed by atoms with Gasteiger partial charge in [-0.05, 0) is 43.0 Å². The Labute approximate surface area is 201 Å². The van der Waals surface area contributed by atoms with Crippen LogP contribution >= 0.6 is 11.6 Å². The van der Waals surface area contributed by atoms with Gasteiger partial charge < -0.3 is 10.2 Å². The molecule has 180 valence electrons. The average molecular weight is 494 g/mol. The zero-order valence-electron chi connectivity index (χ0n) is 19.5. The van der Waals surface area contributed by atoms with Crippen molar-refractivity contribution < 1.29 is 18.0 Å². The van der Waals surface area contributed by atoms with Crippen molar-refractivity contribution in [1.82, 2.24) is 10.2 Å². The number of anilines is 1. The lowest BCUT2D eigenvalue weighted by molar-refractivity contribution is -0.140. The largest absolute Gasteiger partial charge is 0.354 e. The van der Waals surface area contributed by atoms with Crippen molar-refractivity contribution in [2.45, 2.75) is 46.2 Å². The van der Waals surface area contributed by atoms with Crippen molar-refractivity contribution in [3.8, 4) is 0 Å². The van der Waals surface area contributed by atoms with Crippen LogP contribution in [0.25, 0.3) is 0 Å². The molecule has 33 heavy (non-hydrogen) atoms. The number of benzene rings is 2. The Bertz CT molecular complexity index is 1060. The molecule has 1 atom stereocenters. The lowest BCUT2D eigenvalue weighted by Crippen LogP contribution is -2.52. The van der Waals surface area contributed by atoms with Crippen molar-refractivity contribution in [3.05, 3.63) is 64.7 Å². The molecule has 2 amide bonds. The summed E-state index contributed by atoms with van der Waals surface area (Å²) in [5.74, 6) is -0.726. The predicted molar refractivity (Wildman–Crippen MR) is 133 cm³/mol. The van der Waals surface area contributed by atoms with Gasteiger partial charge >= 0.3 is 0 Å². The summed E-state index contributed by atoms with van der Waals surface area (Å²) in [5.41, 5.74) is 1.85. The van der Waals surface area contributed by atoms with Gasteiger partial charge in [-0.25, -0.2) is 8.42 Å². The van der Waals surface area contributed by atoms with Crippen LogP contribution in [-0.4, -0.2) is 50.5 Å². The summed E-state index contributed by atoms with van der Waals surface area (Å²) in [6.45, 7) is 5.78. The van der Waals surface area contributed by atoms with Gasteiger partial charge in [-0.2, -0.15) is 0 Å². The van der Waals surface area contributed by atoms with Gasteiger partial charge in [0.05, 0.1) is 11.9 Å². The standard InChI is InChI=1S/C24H32ClN3O4S/c1-5-14-26-24(30)21(6-2)27(16-19-10-8-7-9-11-19)23(29)17-28(33(4,31)32)22-15-20(25)13-12-18(22)3/h7-13,15,21H,5-6,14,16-17H2,1-4H3,(H,26,30)/t21-/m0/s1. The summed E-state index contributed by atoms with van der Waals surface area (Å²) < 4.78 is 26.4. The molecule has 0 aliphatic rings. The number of rotatable bonds is 11. The minimum absolute atomic E-state index is 0.184. The van der Waals surface area contributed by atoms with E-state index in [-0.39, 0.29) is 12.5 Å². The maximum atomic E-state index is 13.6. The fraction of sp³-hybridized carbons (Fsp3) is 0.417. The average Bonchev–Trinajstić information content (AvgIpc) is 2.77. The molecule has 2 aromatic rings. The first-order valence-corrected chi connectivity index (χ1v) is 13.2. The molecule has 0 unspecified atom stereocenters. The van der Waals surface area contributed by atoms with E-state index in [2.05, 4.69) is 5.32 Å². The fourth-order valence-corrected chi connectivity index (χ4v) is 4.58. The molecular formula is C24H32ClN3O4S. The number of carbonyl (C=O) groups excluding carboxylic acids is 2. The number of nitrogens with one attached hydrogen (secondary N) is 1. The molecule has 2 aromatic carbocycles. The Balaban J connectivity index is 2.44. The van der Waals surface area contributed by atoms with Crippen LogP contribution in [0.5, 0.6) is 0 Å². The highest BCUT2D eigenvalue weighted by Crippen LogP contribution is 2.27. The smallest absolute Gasteiger partial charge is 0.244 e. The molecule has 0 spiro atoms. The summed E-state index contributed by atoms with van der Waals surface area (Å²) >= 11 is 6.11. The number of sulfonamides is 1. The predicted octanol–water partition coefficient (Wildman–Crippen LogP) is 3.75. The second kappa shape index (κ2) is 12.0. The van der Waals surface area contributed by atoms with E-state index in [0.29, 0.717) is 29.2 Å². The molecule has 0 radical (unpaired) electrons. The van der Waals surface area contributed by atoms with Crippen LogP contribution in [0.4, 0.5) is 5.69 Å². The maximum Gasteiger partial charge on any atom is 0.244 e. The van der Waals surface area contributed by atoms with Crippen molar-refractivity contribution >= 4 is 39.1 Å². The van der Waals surface area contributed by atoms with E-state index in [0.717, 1.165) is 22.5 Å². The Hall–Kier alpha value is -2.58. The number of hydrogen-bond acceptors (Lipinski definition) is 4. The van der Waals surface area contributed by atoms with E-state index in [1.807, 2.05) is 44.2 Å². The first-order valence-electron chi connectivity index (χ1n) is 10.9. The van der Waals surface area contributed by atoms with Gasteiger partial charge in [0.15, 0.2) is 0 Å². The van der Waals surface area contributed by atoms with Gasteiger partial charge in [0.1, 0.15) is 12.6 Å². The quantitative estimate of drug-likeness (QED) is 0.516. The molecule has 1 N–H and O–H groups in total. The van der Waals surface area contributed by atoms with Gasteiger partial charge in [-0.15, -0.1) is 0 Å². The number of nitrogens with zero attached hydrogens (tertiary/aromatic N) is 2. The van der Waals surface area contributed by atoms with Crippen molar-refractivity contribution in [2.75, 3.05) is 23.7 Å². The molecule has 0 saturated heterocycles. The summed E-state index contributed by atoms with van der Waals surface area (Å²) in [4.78, 5) is 27.9. The normalized spacial score (nSPS) is 12.2. The molecule has 0 aliphatic heterocycles.